The third kappa shape index (κ3) is 5.31. The van der Waals surface area contributed by atoms with E-state index >= 15 is 0 Å². The number of nitrogens with one attached hydrogen (secondary N) is 2. The van der Waals surface area contributed by atoms with E-state index in [4.69, 9.17) is 4.98 Å². The fourth-order valence-corrected chi connectivity index (χ4v) is 3.86. The van der Waals surface area contributed by atoms with Crippen LogP contribution in [0.5, 0.6) is 0 Å². The Morgan fingerprint density at radius 2 is 2.03 bits per heavy atom. The molecule has 0 amide bonds. The van der Waals surface area contributed by atoms with Crippen molar-refractivity contribution in [3.05, 3.63) is 47.5 Å². The maximum Gasteiger partial charge on any atom is 0.191 e. The summed E-state index contributed by atoms with van der Waals surface area (Å²) in [6, 6.07) is 10.7. The van der Waals surface area contributed by atoms with Crippen LogP contribution in [0.25, 0.3) is 10.9 Å². The van der Waals surface area contributed by atoms with E-state index in [2.05, 4.69) is 63.8 Å². The standard InChI is InChI=1S/C23H32N8.HI/c1-15(2)22-28-20-11-10-17(14-31(20)29-22)26-23(24-3)25-13-16-12-21(30(4)5)27-19-9-7-6-8-18(16)19;/h6-9,12,15,17H,10-11,13-14H2,1-5H3,(H2,24,25,26);1H. The van der Waals surface area contributed by atoms with Gasteiger partial charge in [0.05, 0.1) is 12.1 Å². The number of aliphatic imine (C=N–C) groups is 1. The van der Waals surface area contributed by atoms with Crippen molar-refractivity contribution in [1.29, 1.82) is 0 Å². The van der Waals surface area contributed by atoms with Crippen molar-refractivity contribution in [2.24, 2.45) is 4.99 Å². The van der Waals surface area contributed by atoms with Gasteiger partial charge in [-0.1, -0.05) is 32.0 Å². The fraction of sp³-hybridized carbons (Fsp3) is 0.478. The van der Waals surface area contributed by atoms with Crippen molar-refractivity contribution in [1.82, 2.24) is 30.4 Å². The molecule has 0 saturated carbocycles. The van der Waals surface area contributed by atoms with Crippen molar-refractivity contribution >= 4 is 46.7 Å². The maximum absolute atomic E-state index is 4.75. The number of hydrogen-bond acceptors (Lipinski definition) is 5. The number of para-hydroxylation sites is 1. The zero-order valence-corrected chi connectivity index (χ0v) is 21.8. The Labute approximate surface area is 206 Å². The lowest BCUT2D eigenvalue weighted by Crippen LogP contribution is -2.46. The summed E-state index contributed by atoms with van der Waals surface area (Å²) < 4.78 is 2.05. The van der Waals surface area contributed by atoms with Crippen molar-refractivity contribution in [2.75, 3.05) is 26.0 Å². The molecule has 172 valence electrons. The van der Waals surface area contributed by atoms with Crippen LogP contribution in [0.2, 0.25) is 0 Å². The molecule has 32 heavy (non-hydrogen) atoms. The van der Waals surface area contributed by atoms with Crippen LogP contribution < -0.4 is 15.5 Å². The van der Waals surface area contributed by atoms with E-state index in [-0.39, 0.29) is 30.0 Å². The minimum absolute atomic E-state index is 0. The molecule has 0 saturated heterocycles. The minimum atomic E-state index is 0. The summed E-state index contributed by atoms with van der Waals surface area (Å²) in [6.07, 6.45) is 1.94. The second kappa shape index (κ2) is 10.5. The average Bonchev–Trinajstić information content (AvgIpc) is 3.20. The first kappa shape index (κ1) is 24.2. The molecule has 0 bridgehead atoms. The molecule has 2 aromatic heterocycles. The molecule has 0 aliphatic carbocycles. The second-order valence-corrected chi connectivity index (χ2v) is 8.58. The molecule has 1 aromatic carbocycles. The lowest BCUT2D eigenvalue weighted by molar-refractivity contribution is 0.391. The van der Waals surface area contributed by atoms with Crippen LogP contribution in [-0.2, 0) is 19.5 Å². The Hall–Kier alpha value is -2.43. The number of halogens is 1. The third-order valence-corrected chi connectivity index (χ3v) is 5.65. The Kier molecular flexibility index (Phi) is 7.91. The van der Waals surface area contributed by atoms with Crippen molar-refractivity contribution < 1.29 is 0 Å². The van der Waals surface area contributed by atoms with Crippen LogP contribution in [0.1, 0.15) is 43.4 Å². The van der Waals surface area contributed by atoms with Gasteiger partial charge in [-0.2, -0.15) is 5.10 Å². The number of benzene rings is 1. The monoisotopic (exact) mass is 548 g/mol. The average molecular weight is 548 g/mol. The van der Waals surface area contributed by atoms with Gasteiger partial charge in [0.15, 0.2) is 11.8 Å². The van der Waals surface area contributed by atoms with Gasteiger partial charge >= 0.3 is 0 Å². The van der Waals surface area contributed by atoms with Gasteiger partial charge in [0.2, 0.25) is 0 Å². The van der Waals surface area contributed by atoms with Gasteiger partial charge in [-0.15, -0.1) is 24.0 Å². The van der Waals surface area contributed by atoms with E-state index in [9.17, 15) is 0 Å². The highest BCUT2D eigenvalue weighted by Crippen LogP contribution is 2.22. The van der Waals surface area contributed by atoms with Crippen LogP contribution in [0, 0.1) is 0 Å². The number of pyridine rings is 1. The first-order valence-corrected chi connectivity index (χ1v) is 10.9. The number of guanidine groups is 1. The molecule has 1 unspecified atom stereocenters. The molecule has 8 nitrogen and oxygen atoms in total. The van der Waals surface area contributed by atoms with E-state index in [1.807, 2.05) is 36.8 Å². The number of nitrogens with zero attached hydrogens (tertiary/aromatic N) is 6. The van der Waals surface area contributed by atoms with Gasteiger partial charge in [0, 0.05) is 51.5 Å². The van der Waals surface area contributed by atoms with Gasteiger partial charge < -0.3 is 15.5 Å². The fourth-order valence-electron chi connectivity index (χ4n) is 3.86. The van der Waals surface area contributed by atoms with Gasteiger partial charge in [-0.05, 0) is 24.1 Å². The van der Waals surface area contributed by atoms with Crippen LogP contribution in [0.15, 0.2) is 35.3 Å². The van der Waals surface area contributed by atoms with E-state index in [1.54, 1.807) is 0 Å². The Bertz CT molecular complexity index is 1090. The van der Waals surface area contributed by atoms with Crippen molar-refractivity contribution in [3.63, 3.8) is 0 Å². The Morgan fingerprint density at radius 1 is 1.25 bits per heavy atom. The second-order valence-electron chi connectivity index (χ2n) is 8.58. The van der Waals surface area contributed by atoms with E-state index < -0.39 is 0 Å². The van der Waals surface area contributed by atoms with E-state index in [0.717, 1.165) is 53.7 Å². The smallest absolute Gasteiger partial charge is 0.191 e. The molecule has 4 rings (SSSR count). The van der Waals surface area contributed by atoms with Crippen molar-refractivity contribution in [2.45, 2.75) is 51.7 Å². The SMILES string of the molecule is CN=C(NCc1cc(N(C)C)nc2ccccc12)NC1CCc2nc(C(C)C)nn2C1.I. The minimum Gasteiger partial charge on any atom is -0.363 e. The largest absolute Gasteiger partial charge is 0.363 e. The van der Waals surface area contributed by atoms with Crippen LogP contribution >= 0.6 is 24.0 Å². The summed E-state index contributed by atoms with van der Waals surface area (Å²) in [7, 11) is 5.84. The van der Waals surface area contributed by atoms with E-state index in [1.165, 1.54) is 5.56 Å². The third-order valence-electron chi connectivity index (χ3n) is 5.65. The predicted molar refractivity (Wildman–Crippen MR) is 141 cm³/mol. The molecule has 0 fully saturated rings. The lowest BCUT2D eigenvalue weighted by atomic mass is 10.1. The quantitative estimate of drug-likeness (QED) is 0.289. The number of rotatable bonds is 5. The zero-order chi connectivity index (χ0) is 22.0. The summed E-state index contributed by atoms with van der Waals surface area (Å²) >= 11 is 0. The molecule has 1 atom stereocenters. The number of anilines is 1. The van der Waals surface area contributed by atoms with Gasteiger partial charge in [0.25, 0.3) is 0 Å². The molecular weight excluding hydrogens is 515 g/mol. The zero-order valence-electron chi connectivity index (χ0n) is 19.5. The maximum atomic E-state index is 4.75. The summed E-state index contributed by atoms with van der Waals surface area (Å²) in [5.41, 5.74) is 2.20. The highest BCUT2D eigenvalue weighted by atomic mass is 127. The Morgan fingerprint density at radius 3 is 2.75 bits per heavy atom. The van der Waals surface area contributed by atoms with Gasteiger partial charge in [-0.3, -0.25) is 4.99 Å². The van der Waals surface area contributed by atoms with Crippen LogP contribution in [-0.4, -0.2) is 52.9 Å². The predicted octanol–water partition coefficient (Wildman–Crippen LogP) is 3.31. The lowest BCUT2D eigenvalue weighted by Gasteiger charge is -2.25. The number of fused-ring (bicyclic) bond motifs is 2. The van der Waals surface area contributed by atoms with Gasteiger partial charge in [-0.25, -0.2) is 14.6 Å². The topological polar surface area (TPSA) is 83.3 Å². The highest BCUT2D eigenvalue weighted by Gasteiger charge is 2.23. The molecule has 3 aromatic rings. The summed E-state index contributed by atoms with van der Waals surface area (Å²) in [5.74, 6) is 4.11. The molecular formula is C23H33IN8. The first-order valence-electron chi connectivity index (χ1n) is 10.9. The molecule has 1 aliphatic rings. The summed E-state index contributed by atoms with van der Waals surface area (Å²) in [5, 5.41) is 12.9. The molecule has 3 heterocycles. The normalized spacial score (nSPS) is 15.9. The molecule has 9 heteroatoms. The molecule has 1 aliphatic heterocycles. The first-order chi connectivity index (χ1) is 14.9. The molecule has 2 N–H and O–H groups in total. The van der Waals surface area contributed by atoms with Gasteiger partial charge in [0.1, 0.15) is 11.6 Å². The number of hydrogen-bond donors (Lipinski definition) is 2. The van der Waals surface area contributed by atoms with Crippen molar-refractivity contribution in [3.8, 4) is 0 Å². The Balaban J connectivity index is 0.00000289. The highest BCUT2D eigenvalue weighted by molar-refractivity contribution is 14.0. The molecule has 0 spiro atoms. The van der Waals surface area contributed by atoms with E-state index in [0.29, 0.717) is 12.5 Å². The number of aromatic nitrogens is 4. The summed E-state index contributed by atoms with van der Waals surface area (Å²) in [6.45, 7) is 5.74. The van der Waals surface area contributed by atoms with Crippen LogP contribution in [0.3, 0.4) is 0 Å². The molecule has 0 radical (unpaired) electrons. The summed E-state index contributed by atoms with van der Waals surface area (Å²) in [4.78, 5) is 15.9. The van der Waals surface area contributed by atoms with Crippen LogP contribution in [0.4, 0.5) is 5.82 Å². The number of aryl methyl sites for hydroxylation is 1.